The first-order valence-electron chi connectivity index (χ1n) is 8.65. The van der Waals surface area contributed by atoms with Crippen molar-refractivity contribution >= 4 is 17.5 Å². The fraction of sp³-hybridized carbons (Fsp3) is 0.556. The third-order valence-electron chi connectivity index (χ3n) is 5.39. The number of benzene rings is 1. The number of anilines is 1. The topological polar surface area (TPSA) is 52.7 Å². The summed E-state index contributed by atoms with van der Waals surface area (Å²) in [5.74, 6) is 0.897. The fourth-order valence-electron chi connectivity index (χ4n) is 4.10. The Morgan fingerprint density at radius 1 is 1.13 bits per heavy atom. The molecule has 5 heteroatoms. The number of hydrogen-bond donors (Lipinski definition) is 1. The van der Waals surface area contributed by atoms with Gasteiger partial charge in [0.25, 0.3) is 5.91 Å². The summed E-state index contributed by atoms with van der Waals surface area (Å²) in [6.07, 6.45) is 3.98. The first kappa shape index (κ1) is 14.7. The summed E-state index contributed by atoms with van der Waals surface area (Å²) in [5.41, 5.74) is 1.62. The van der Waals surface area contributed by atoms with Crippen molar-refractivity contribution in [2.24, 2.45) is 5.92 Å². The molecule has 0 radical (unpaired) electrons. The molecule has 3 fully saturated rings. The second kappa shape index (κ2) is 5.96. The van der Waals surface area contributed by atoms with E-state index in [1.54, 1.807) is 0 Å². The van der Waals surface area contributed by atoms with Crippen LogP contribution < -0.4 is 10.2 Å². The molecule has 2 amide bonds. The molecular weight excluding hydrogens is 290 g/mol. The van der Waals surface area contributed by atoms with Crippen molar-refractivity contribution in [2.45, 2.75) is 31.7 Å². The molecule has 4 rings (SSSR count). The highest BCUT2D eigenvalue weighted by atomic mass is 16.2. The monoisotopic (exact) mass is 313 g/mol. The minimum absolute atomic E-state index is 0.112. The van der Waals surface area contributed by atoms with Crippen molar-refractivity contribution in [3.8, 4) is 0 Å². The zero-order chi connectivity index (χ0) is 15.8. The summed E-state index contributed by atoms with van der Waals surface area (Å²) in [5, 5.41) is 3.53. The van der Waals surface area contributed by atoms with Gasteiger partial charge in [-0.2, -0.15) is 0 Å². The lowest BCUT2D eigenvalue weighted by Crippen LogP contribution is -2.41. The molecule has 5 nitrogen and oxygen atoms in total. The highest BCUT2D eigenvalue weighted by Crippen LogP contribution is 2.27. The summed E-state index contributed by atoms with van der Waals surface area (Å²) < 4.78 is 0. The first-order chi connectivity index (χ1) is 11.2. The van der Waals surface area contributed by atoms with Crippen LogP contribution in [0.1, 0.15) is 36.0 Å². The van der Waals surface area contributed by atoms with E-state index in [4.69, 9.17) is 0 Å². The molecule has 1 aromatic carbocycles. The Morgan fingerprint density at radius 3 is 2.65 bits per heavy atom. The van der Waals surface area contributed by atoms with E-state index in [1.807, 2.05) is 34.1 Å². The van der Waals surface area contributed by atoms with Gasteiger partial charge in [0.1, 0.15) is 0 Å². The molecule has 3 heterocycles. The molecule has 0 aromatic heterocycles. The summed E-state index contributed by atoms with van der Waals surface area (Å²) in [4.78, 5) is 28.3. The lowest BCUT2D eigenvalue weighted by Gasteiger charge is -2.24. The Balaban J connectivity index is 1.45. The van der Waals surface area contributed by atoms with Crippen LogP contribution >= 0.6 is 0 Å². The standard InChI is InChI=1S/C18H23N3O2/c22-17-4-2-10-21(17)15-7-5-13(6-8-15)18(23)20-11-14-3-1-9-19-16(14)12-20/h5-8,14,16,19H,1-4,9-12H2/t14-,16+/m0/s1. The normalized spacial score (nSPS) is 27.4. The van der Waals surface area contributed by atoms with E-state index in [9.17, 15) is 9.59 Å². The highest BCUT2D eigenvalue weighted by Gasteiger charge is 2.36. The number of nitrogens with zero attached hydrogens (tertiary/aromatic N) is 2. The van der Waals surface area contributed by atoms with Gasteiger partial charge in [-0.1, -0.05) is 0 Å². The molecule has 0 bridgehead atoms. The van der Waals surface area contributed by atoms with E-state index < -0.39 is 0 Å². The van der Waals surface area contributed by atoms with E-state index in [2.05, 4.69) is 5.32 Å². The zero-order valence-electron chi connectivity index (χ0n) is 13.3. The van der Waals surface area contributed by atoms with Gasteiger partial charge in [0.2, 0.25) is 5.91 Å². The molecular formula is C18H23N3O2. The number of carbonyl (C=O) groups is 2. The highest BCUT2D eigenvalue weighted by molar-refractivity contribution is 5.97. The third-order valence-corrected chi connectivity index (χ3v) is 5.39. The van der Waals surface area contributed by atoms with E-state index >= 15 is 0 Å². The third kappa shape index (κ3) is 2.74. The van der Waals surface area contributed by atoms with Gasteiger partial charge < -0.3 is 15.1 Å². The minimum atomic E-state index is 0.112. The van der Waals surface area contributed by atoms with Gasteiger partial charge in [0, 0.05) is 43.3 Å². The first-order valence-corrected chi connectivity index (χ1v) is 8.65. The van der Waals surface area contributed by atoms with E-state index in [0.717, 1.165) is 43.9 Å². The van der Waals surface area contributed by atoms with Crippen LogP contribution in [0.4, 0.5) is 5.69 Å². The number of amides is 2. The van der Waals surface area contributed by atoms with Crippen molar-refractivity contribution in [2.75, 3.05) is 31.1 Å². The largest absolute Gasteiger partial charge is 0.337 e. The molecule has 1 N–H and O–H groups in total. The van der Waals surface area contributed by atoms with Gasteiger partial charge in [-0.25, -0.2) is 0 Å². The van der Waals surface area contributed by atoms with Crippen molar-refractivity contribution in [1.29, 1.82) is 0 Å². The maximum atomic E-state index is 12.7. The number of rotatable bonds is 2. The maximum absolute atomic E-state index is 12.7. The van der Waals surface area contributed by atoms with Crippen molar-refractivity contribution in [1.82, 2.24) is 10.2 Å². The Morgan fingerprint density at radius 2 is 1.96 bits per heavy atom. The number of fused-ring (bicyclic) bond motifs is 1. The molecule has 122 valence electrons. The molecule has 3 aliphatic rings. The van der Waals surface area contributed by atoms with Crippen LogP contribution in [-0.4, -0.2) is 48.9 Å². The summed E-state index contributed by atoms with van der Waals surface area (Å²) >= 11 is 0. The van der Waals surface area contributed by atoms with Crippen LogP contribution in [0.25, 0.3) is 0 Å². The molecule has 2 atom stereocenters. The number of carbonyl (C=O) groups excluding carboxylic acids is 2. The van der Waals surface area contributed by atoms with Gasteiger partial charge in [-0.3, -0.25) is 9.59 Å². The lowest BCUT2D eigenvalue weighted by atomic mass is 9.94. The van der Waals surface area contributed by atoms with E-state index in [1.165, 1.54) is 12.8 Å². The number of nitrogens with one attached hydrogen (secondary N) is 1. The maximum Gasteiger partial charge on any atom is 0.253 e. The Hall–Kier alpha value is -1.88. The lowest BCUT2D eigenvalue weighted by molar-refractivity contribution is -0.117. The van der Waals surface area contributed by atoms with Crippen LogP contribution in [0.3, 0.4) is 0 Å². The number of hydrogen-bond acceptors (Lipinski definition) is 3. The smallest absolute Gasteiger partial charge is 0.253 e. The van der Waals surface area contributed by atoms with Crippen LogP contribution in [-0.2, 0) is 4.79 Å². The molecule has 3 saturated heterocycles. The van der Waals surface area contributed by atoms with E-state index in [-0.39, 0.29) is 11.8 Å². The van der Waals surface area contributed by atoms with Crippen molar-refractivity contribution < 1.29 is 9.59 Å². The average Bonchev–Trinajstić information content (AvgIpc) is 3.20. The summed E-state index contributed by atoms with van der Waals surface area (Å²) in [6.45, 7) is 3.54. The second-order valence-electron chi connectivity index (χ2n) is 6.87. The van der Waals surface area contributed by atoms with Crippen molar-refractivity contribution in [3.05, 3.63) is 29.8 Å². The van der Waals surface area contributed by atoms with Gasteiger partial charge >= 0.3 is 0 Å². The molecule has 23 heavy (non-hydrogen) atoms. The van der Waals surface area contributed by atoms with Crippen LogP contribution in [0.15, 0.2) is 24.3 Å². The van der Waals surface area contributed by atoms with Crippen LogP contribution in [0, 0.1) is 5.92 Å². The van der Waals surface area contributed by atoms with Crippen LogP contribution in [0.5, 0.6) is 0 Å². The van der Waals surface area contributed by atoms with Crippen LogP contribution in [0.2, 0.25) is 0 Å². The SMILES string of the molecule is O=C(c1ccc(N2CCCC2=O)cc1)N1C[C@@H]2CCCN[C@@H]2C1. The Labute approximate surface area is 136 Å². The van der Waals surface area contributed by atoms with Crippen molar-refractivity contribution in [3.63, 3.8) is 0 Å². The molecule has 0 saturated carbocycles. The molecule has 1 aromatic rings. The number of likely N-dealkylation sites (tertiary alicyclic amines) is 1. The van der Waals surface area contributed by atoms with E-state index in [0.29, 0.717) is 18.4 Å². The molecule has 3 aliphatic heterocycles. The molecule has 0 spiro atoms. The average molecular weight is 313 g/mol. The Bertz CT molecular complexity index is 599. The van der Waals surface area contributed by atoms with Gasteiger partial charge in [0.05, 0.1) is 0 Å². The van der Waals surface area contributed by atoms with Gasteiger partial charge in [-0.15, -0.1) is 0 Å². The quantitative estimate of drug-likeness (QED) is 0.903. The molecule has 0 unspecified atom stereocenters. The predicted molar refractivity (Wildman–Crippen MR) is 88.4 cm³/mol. The number of piperidine rings is 1. The minimum Gasteiger partial charge on any atom is -0.337 e. The summed E-state index contributed by atoms with van der Waals surface area (Å²) in [7, 11) is 0. The van der Waals surface area contributed by atoms with Gasteiger partial charge in [-0.05, 0) is 56.0 Å². The Kier molecular flexibility index (Phi) is 3.81. The fourth-order valence-corrected chi connectivity index (χ4v) is 4.10. The zero-order valence-corrected chi connectivity index (χ0v) is 13.3. The van der Waals surface area contributed by atoms with Gasteiger partial charge in [0.15, 0.2) is 0 Å². The molecule has 0 aliphatic carbocycles. The second-order valence-corrected chi connectivity index (χ2v) is 6.87. The predicted octanol–water partition coefficient (Wildman–Crippen LogP) is 1.64. The summed E-state index contributed by atoms with van der Waals surface area (Å²) in [6, 6.07) is 7.99.